The van der Waals surface area contributed by atoms with Crippen LogP contribution in [0.4, 0.5) is 0 Å². The predicted molar refractivity (Wildman–Crippen MR) is 111 cm³/mol. The lowest BCUT2D eigenvalue weighted by molar-refractivity contribution is 0.101. The standard InChI is InChI=1S/C23H28N2O/c1-9-22-20(12-17(6)24-14(2)3)21(13-25(22)8)19-10-15(4)23(18(7)26)16(5)11-19/h9-13,24H,2,6H2,1,3-5,7-8H3/b20-12-,22-9+. The summed E-state index contributed by atoms with van der Waals surface area (Å²) in [5.41, 5.74) is 6.68. The van der Waals surface area contributed by atoms with E-state index in [0.717, 1.165) is 49.8 Å². The summed E-state index contributed by atoms with van der Waals surface area (Å²) in [6.45, 7) is 17.5. The number of rotatable bonds is 5. The van der Waals surface area contributed by atoms with Crippen LogP contribution in [-0.2, 0) is 7.05 Å². The minimum atomic E-state index is 0.105. The van der Waals surface area contributed by atoms with Crippen LogP contribution in [0.25, 0.3) is 23.3 Å². The zero-order chi connectivity index (χ0) is 19.6. The maximum atomic E-state index is 11.9. The van der Waals surface area contributed by atoms with Gasteiger partial charge in [-0.25, -0.2) is 0 Å². The highest BCUT2D eigenvalue weighted by Gasteiger charge is 2.12. The second-order valence-corrected chi connectivity index (χ2v) is 6.86. The molecule has 0 bridgehead atoms. The third-order valence-corrected chi connectivity index (χ3v) is 4.43. The van der Waals surface area contributed by atoms with Crippen LogP contribution in [0.2, 0.25) is 0 Å². The maximum absolute atomic E-state index is 11.9. The molecule has 136 valence electrons. The van der Waals surface area contributed by atoms with Crippen LogP contribution in [0, 0.1) is 13.8 Å². The van der Waals surface area contributed by atoms with Crippen molar-refractivity contribution < 1.29 is 4.79 Å². The number of nitrogens with zero attached hydrogens (tertiary/aromatic N) is 1. The SMILES string of the molecule is C=C(C)NC(=C)/C=c1/c(-c2cc(C)c(C(C)=O)c(C)c2)cn(C)/c1=C/C. The molecule has 0 unspecified atom stereocenters. The van der Waals surface area contributed by atoms with E-state index in [1.54, 1.807) is 6.92 Å². The molecule has 0 aliphatic carbocycles. The van der Waals surface area contributed by atoms with Crippen molar-refractivity contribution in [2.45, 2.75) is 34.6 Å². The van der Waals surface area contributed by atoms with Crippen molar-refractivity contribution in [2.75, 3.05) is 0 Å². The van der Waals surface area contributed by atoms with Crippen LogP contribution in [-0.4, -0.2) is 10.4 Å². The van der Waals surface area contributed by atoms with Gasteiger partial charge >= 0.3 is 0 Å². The molecule has 0 aliphatic rings. The molecule has 26 heavy (non-hydrogen) atoms. The Kier molecular flexibility index (Phi) is 5.71. The topological polar surface area (TPSA) is 34.0 Å². The van der Waals surface area contributed by atoms with E-state index in [-0.39, 0.29) is 5.78 Å². The summed E-state index contributed by atoms with van der Waals surface area (Å²) >= 11 is 0. The molecular weight excluding hydrogens is 320 g/mol. The fraction of sp³-hybridized carbons (Fsp3) is 0.261. The lowest BCUT2D eigenvalue weighted by atomic mass is 9.94. The Hall–Kier alpha value is -2.81. The molecule has 0 atom stereocenters. The van der Waals surface area contributed by atoms with Gasteiger partial charge in [-0.15, -0.1) is 0 Å². The van der Waals surface area contributed by atoms with Crippen molar-refractivity contribution in [1.29, 1.82) is 0 Å². The van der Waals surface area contributed by atoms with Crippen LogP contribution in [0.15, 0.2) is 42.9 Å². The molecule has 1 aromatic heterocycles. The Morgan fingerprint density at radius 3 is 2.19 bits per heavy atom. The smallest absolute Gasteiger partial charge is 0.160 e. The van der Waals surface area contributed by atoms with Gasteiger partial charge in [0, 0.05) is 46.3 Å². The summed E-state index contributed by atoms with van der Waals surface area (Å²) in [6, 6.07) is 4.18. The van der Waals surface area contributed by atoms with E-state index in [2.05, 4.69) is 47.4 Å². The number of aromatic nitrogens is 1. The van der Waals surface area contributed by atoms with Crippen molar-refractivity contribution in [2.24, 2.45) is 7.05 Å². The summed E-state index contributed by atoms with van der Waals surface area (Å²) in [4.78, 5) is 11.9. The number of ketones is 1. The first-order chi connectivity index (χ1) is 12.1. The molecule has 3 heteroatoms. The first-order valence-corrected chi connectivity index (χ1v) is 8.73. The fourth-order valence-corrected chi connectivity index (χ4v) is 3.56. The van der Waals surface area contributed by atoms with Crippen molar-refractivity contribution in [3.8, 4) is 11.1 Å². The minimum absolute atomic E-state index is 0.105. The Labute approximate surface area is 156 Å². The lowest BCUT2D eigenvalue weighted by Crippen LogP contribution is -2.29. The number of hydrogen-bond acceptors (Lipinski definition) is 2. The number of hydrogen-bond donors (Lipinski definition) is 1. The Bertz CT molecular complexity index is 996. The number of aryl methyl sites for hydroxylation is 3. The Morgan fingerprint density at radius 1 is 1.15 bits per heavy atom. The van der Waals surface area contributed by atoms with Crippen LogP contribution in [0.3, 0.4) is 0 Å². The van der Waals surface area contributed by atoms with Crippen molar-refractivity contribution in [3.63, 3.8) is 0 Å². The summed E-state index contributed by atoms with van der Waals surface area (Å²) in [6.07, 6.45) is 6.26. The average molecular weight is 348 g/mol. The van der Waals surface area contributed by atoms with Gasteiger partial charge in [0.05, 0.1) is 0 Å². The molecule has 0 saturated carbocycles. The van der Waals surface area contributed by atoms with Gasteiger partial charge in [0.15, 0.2) is 5.78 Å². The number of nitrogens with one attached hydrogen (secondary N) is 1. The molecule has 0 saturated heterocycles. The first kappa shape index (κ1) is 19.5. The van der Waals surface area contributed by atoms with Crippen molar-refractivity contribution >= 4 is 17.9 Å². The van der Waals surface area contributed by atoms with E-state index in [0.29, 0.717) is 0 Å². The highest BCUT2D eigenvalue weighted by molar-refractivity contribution is 5.97. The van der Waals surface area contributed by atoms with E-state index in [1.807, 2.05) is 40.8 Å². The summed E-state index contributed by atoms with van der Waals surface area (Å²) in [5.74, 6) is 0.105. The molecule has 0 radical (unpaired) electrons. The highest BCUT2D eigenvalue weighted by Crippen LogP contribution is 2.23. The van der Waals surface area contributed by atoms with E-state index in [1.165, 1.54) is 0 Å². The van der Waals surface area contributed by atoms with Crippen molar-refractivity contribution in [3.05, 3.63) is 70.1 Å². The minimum Gasteiger partial charge on any atom is -0.360 e. The Morgan fingerprint density at radius 2 is 1.73 bits per heavy atom. The number of allylic oxidation sites excluding steroid dienone is 2. The summed E-state index contributed by atoms with van der Waals surface area (Å²) in [5, 5.41) is 5.39. The van der Waals surface area contributed by atoms with Gasteiger partial charge in [-0.1, -0.05) is 31.4 Å². The Balaban J connectivity index is 2.76. The van der Waals surface area contributed by atoms with E-state index >= 15 is 0 Å². The van der Waals surface area contributed by atoms with Gasteiger partial charge in [0.25, 0.3) is 0 Å². The van der Waals surface area contributed by atoms with Gasteiger partial charge in [-0.3, -0.25) is 4.79 Å². The molecule has 0 spiro atoms. The normalized spacial score (nSPS) is 12.4. The highest BCUT2D eigenvalue weighted by atomic mass is 16.1. The molecule has 0 amide bonds. The molecule has 0 aliphatic heterocycles. The van der Waals surface area contributed by atoms with Crippen LogP contribution in [0.1, 0.15) is 42.3 Å². The third-order valence-electron chi connectivity index (χ3n) is 4.43. The molecule has 0 fully saturated rings. The monoisotopic (exact) mass is 348 g/mol. The lowest BCUT2D eigenvalue weighted by Gasteiger charge is -2.10. The molecule has 1 heterocycles. The molecule has 2 aromatic rings. The van der Waals surface area contributed by atoms with E-state index in [4.69, 9.17) is 0 Å². The molecule has 3 nitrogen and oxygen atoms in total. The van der Waals surface area contributed by atoms with Gasteiger partial charge in [0.2, 0.25) is 0 Å². The fourth-order valence-electron chi connectivity index (χ4n) is 3.56. The molecular formula is C23H28N2O. The summed E-state index contributed by atoms with van der Waals surface area (Å²) < 4.78 is 2.11. The number of carbonyl (C=O) groups excluding carboxylic acids is 1. The summed E-state index contributed by atoms with van der Waals surface area (Å²) in [7, 11) is 2.04. The van der Waals surface area contributed by atoms with Crippen LogP contribution < -0.4 is 15.9 Å². The predicted octanol–water partition coefficient (Wildman–Crippen LogP) is 3.73. The van der Waals surface area contributed by atoms with Gasteiger partial charge < -0.3 is 9.88 Å². The van der Waals surface area contributed by atoms with Gasteiger partial charge in [-0.05, 0) is 57.4 Å². The first-order valence-electron chi connectivity index (χ1n) is 8.73. The molecule has 1 N–H and O–H groups in total. The number of Topliss-reactive ketones (excluding diaryl/α,β-unsaturated/α-hetero) is 1. The maximum Gasteiger partial charge on any atom is 0.160 e. The third kappa shape index (κ3) is 3.88. The van der Waals surface area contributed by atoms with E-state index < -0.39 is 0 Å². The molecule has 1 aromatic carbocycles. The zero-order valence-corrected chi connectivity index (χ0v) is 16.7. The average Bonchev–Trinajstić information content (AvgIpc) is 2.80. The van der Waals surface area contributed by atoms with Crippen molar-refractivity contribution in [1.82, 2.24) is 9.88 Å². The van der Waals surface area contributed by atoms with Crippen LogP contribution >= 0.6 is 0 Å². The zero-order valence-electron chi connectivity index (χ0n) is 16.7. The second-order valence-electron chi connectivity index (χ2n) is 6.86. The van der Waals surface area contributed by atoms with E-state index in [9.17, 15) is 4.79 Å². The molecule has 2 rings (SSSR count). The van der Waals surface area contributed by atoms with Gasteiger partial charge in [-0.2, -0.15) is 0 Å². The second kappa shape index (κ2) is 7.61. The van der Waals surface area contributed by atoms with Crippen LogP contribution in [0.5, 0.6) is 0 Å². The van der Waals surface area contributed by atoms with Gasteiger partial charge in [0.1, 0.15) is 0 Å². The quantitative estimate of drug-likeness (QED) is 0.836. The number of benzene rings is 1. The number of carbonyl (C=O) groups is 1. The largest absolute Gasteiger partial charge is 0.360 e.